The average molecular weight is 414 g/mol. The fourth-order valence-corrected chi connectivity index (χ4v) is 3.96. The number of carbonyl (C=O) groups is 3. The Morgan fingerprint density at radius 2 is 1.61 bits per heavy atom. The Balaban J connectivity index is 1.35. The smallest absolute Gasteiger partial charge is 0.330 e. The molecule has 2 amide bonds. The molecule has 1 aliphatic rings. The monoisotopic (exact) mass is 414 g/mol. The number of imide groups is 1. The van der Waals surface area contributed by atoms with E-state index in [1.54, 1.807) is 16.6 Å². The molecule has 0 atom stereocenters. The zero-order valence-corrected chi connectivity index (χ0v) is 17.0. The third-order valence-corrected chi connectivity index (χ3v) is 5.55. The number of benzene rings is 2. The molecule has 0 aliphatic carbocycles. The molecule has 8 nitrogen and oxygen atoms in total. The molecule has 0 N–H and O–H groups in total. The lowest BCUT2D eigenvalue weighted by Gasteiger charge is -2.14. The standard InChI is InChI=1S/C23H18N4O4/c1-13-15(14(2)26-21(24-13)18-9-5-6-10-19(18)25-26)11-12-20(28)31-27-22(29)16-7-3-4-8-17(16)23(27)30/h3-10H,11-12H2,1-2H3. The summed E-state index contributed by atoms with van der Waals surface area (Å²) in [5.41, 5.74) is 4.62. The van der Waals surface area contributed by atoms with Crippen molar-refractivity contribution in [3.05, 3.63) is 76.6 Å². The molecule has 31 heavy (non-hydrogen) atoms. The van der Waals surface area contributed by atoms with Crippen LogP contribution in [0, 0.1) is 13.8 Å². The highest BCUT2D eigenvalue weighted by Crippen LogP contribution is 2.25. The van der Waals surface area contributed by atoms with E-state index in [4.69, 9.17) is 4.84 Å². The normalized spacial score (nSPS) is 13.3. The van der Waals surface area contributed by atoms with E-state index in [0.717, 1.165) is 33.5 Å². The van der Waals surface area contributed by atoms with Crippen LogP contribution in [0.4, 0.5) is 0 Å². The summed E-state index contributed by atoms with van der Waals surface area (Å²) in [6.45, 7) is 3.82. The third kappa shape index (κ3) is 2.95. The van der Waals surface area contributed by atoms with Gasteiger partial charge in [0.1, 0.15) is 0 Å². The third-order valence-electron chi connectivity index (χ3n) is 5.55. The first kappa shape index (κ1) is 18.9. The van der Waals surface area contributed by atoms with Gasteiger partial charge in [-0.3, -0.25) is 9.59 Å². The molecule has 3 heterocycles. The van der Waals surface area contributed by atoms with Crippen LogP contribution in [-0.2, 0) is 16.1 Å². The van der Waals surface area contributed by atoms with Gasteiger partial charge in [-0.25, -0.2) is 14.3 Å². The zero-order chi connectivity index (χ0) is 21.7. The van der Waals surface area contributed by atoms with Gasteiger partial charge in [-0.2, -0.15) is 5.10 Å². The van der Waals surface area contributed by atoms with Crippen LogP contribution in [0.1, 0.15) is 44.1 Å². The first-order valence-electron chi connectivity index (χ1n) is 9.88. The predicted octanol–water partition coefficient (Wildman–Crippen LogP) is 3.19. The molecular formula is C23H18N4O4. The summed E-state index contributed by atoms with van der Waals surface area (Å²) < 4.78 is 1.78. The van der Waals surface area contributed by atoms with Crippen LogP contribution in [0.5, 0.6) is 0 Å². The summed E-state index contributed by atoms with van der Waals surface area (Å²) in [4.78, 5) is 47.0. The minimum absolute atomic E-state index is 0.0109. The van der Waals surface area contributed by atoms with E-state index in [9.17, 15) is 14.4 Å². The molecule has 0 fully saturated rings. The van der Waals surface area contributed by atoms with Gasteiger partial charge >= 0.3 is 5.97 Å². The van der Waals surface area contributed by atoms with Crippen molar-refractivity contribution in [2.45, 2.75) is 26.7 Å². The summed E-state index contributed by atoms with van der Waals surface area (Å²) in [7, 11) is 0. The number of hydrogen-bond donors (Lipinski definition) is 0. The number of amides is 2. The first-order chi connectivity index (χ1) is 15.0. The Bertz CT molecular complexity index is 1370. The molecule has 0 bridgehead atoms. The van der Waals surface area contributed by atoms with Gasteiger partial charge in [0, 0.05) is 16.8 Å². The lowest BCUT2D eigenvalue weighted by Crippen LogP contribution is -2.32. The number of aromatic nitrogens is 3. The molecule has 2 aromatic heterocycles. The van der Waals surface area contributed by atoms with Crippen molar-refractivity contribution in [3.8, 4) is 0 Å². The fraction of sp³-hybridized carbons (Fsp3) is 0.174. The van der Waals surface area contributed by atoms with Crippen LogP contribution in [0.3, 0.4) is 0 Å². The van der Waals surface area contributed by atoms with E-state index >= 15 is 0 Å². The minimum atomic E-state index is -0.668. The Labute approximate surface area is 177 Å². The van der Waals surface area contributed by atoms with Crippen molar-refractivity contribution >= 4 is 34.3 Å². The number of rotatable bonds is 4. The van der Waals surface area contributed by atoms with Crippen molar-refractivity contribution in [1.29, 1.82) is 0 Å². The van der Waals surface area contributed by atoms with E-state index in [1.807, 2.05) is 38.1 Å². The lowest BCUT2D eigenvalue weighted by atomic mass is 10.1. The summed E-state index contributed by atoms with van der Waals surface area (Å²) in [6.07, 6.45) is 0.335. The molecule has 0 unspecified atom stereocenters. The maximum atomic E-state index is 12.4. The molecular weight excluding hydrogens is 396 g/mol. The Morgan fingerprint density at radius 1 is 0.968 bits per heavy atom. The Morgan fingerprint density at radius 3 is 2.32 bits per heavy atom. The van der Waals surface area contributed by atoms with Gasteiger partial charge in [-0.05, 0) is 50.1 Å². The Kier molecular flexibility index (Phi) is 4.28. The summed E-state index contributed by atoms with van der Waals surface area (Å²) in [6, 6.07) is 14.1. The van der Waals surface area contributed by atoms with Gasteiger partial charge in [0.05, 0.1) is 23.1 Å². The molecule has 5 rings (SSSR count). The molecule has 2 aromatic carbocycles. The van der Waals surface area contributed by atoms with Crippen LogP contribution >= 0.6 is 0 Å². The molecule has 8 heteroatoms. The molecule has 0 saturated carbocycles. The number of aryl methyl sites for hydroxylation is 2. The summed E-state index contributed by atoms with van der Waals surface area (Å²) in [5, 5.41) is 6.11. The number of hydroxylamine groups is 2. The van der Waals surface area contributed by atoms with Gasteiger partial charge in [0.2, 0.25) is 0 Å². The maximum Gasteiger partial charge on any atom is 0.333 e. The van der Waals surface area contributed by atoms with Crippen molar-refractivity contribution < 1.29 is 19.2 Å². The van der Waals surface area contributed by atoms with E-state index in [1.165, 1.54) is 12.1 Å². The van der Waals surface area contributed by atoms with Crippen LogP contribution in [-0.4, -0.2) is 37.4 Å². The van der Waals surface area contributed by atoms with E-state index in [0.29, 0.717) is 11.5 Å². The number of hydrogen-bond acceptors (Lipinski definition) is 6. The molecule has 4 aromatic rings. The second kappa shape index (κ2) is 7.02. The Hall–Kier alpha value is -4.07. The van der Waals surface area contributed by atoms with Crippen molar-refractivity contribution in [2.24, 2.45) is 0 Å². The molecule has 1 aliphatic heterocycles. The van der Waals surface area contributed by atoms with Crippen LogP contribution in [0.25, 0.3) is 16.6 Å². The van der Waals surface area contributed by atoms with Gasteiger partial charge < -0.3 is 4.84 Å². The topological polar surface area (TPSA) is 93.9 Å². The van der Waals surface area contributed by atoms with E-state index in [-0.39, 0.29) is 17.5 Å². The zero-order valence-electron chi connectivity index (χ0n) is 17.0. The number of carbonyl (C=O) groups excluding carboxylic acids is 3. The molecule has 0 spiro atoms. The number of fused-ring (bicyclic) bond motifs is 4. The first-order valence-corrected chi connectivity index (χ1v) is 9.88. The number of nitrogens with zero attached hydrogens (tertiary/aromatic N) is 4. The second-order valence-corrected chi connectivity index (χ2v) is 7.43. The minimum Gasteiger partial charge on any atom is -0.330 e. The van der Waals surface area contributed by atoms with Crippen LogP contribution in [0.2, 0.25) is 0 Å². The lowest BCUT2D eigenvalue weighted by molar-refractivity contribution is -0.168. The van der Waals surface area contributed by atoms with Crippen molar-refractivity contribution in [1.82, 2.24) is 19.7 Å². The molecule has 0 saturated heterocycles. The predicted molar refractivity (Wildman–Crippen MR) is 111 cm³/mol. The van der Waals surface area contributed by atoms with Gasteiger partial charge in [-0.15, -0.1) is 0 Å². The van der Waals surface area contributed by atoms with Gasteiger partial charge in [0.25, 0.3) is 11.8 Å². The van der Waals surface area contributed by atoms with E-state index < -0.39 is 17.8 Å². The largest absolute Gasteiger partial charge is 0.333 e. The van der Waals surface area contributed by atoms with Crippen LogP contribution in [0.15, 0.2) is 48.5 Å². The van der Waals surface area contributed by atoms with Gasteiger partial charge in [-0.1, -0.05) is 29.3 Å². The average Bonchev–Trinajstić information content (AvgIpc) is 3.25. The van der Waals surface area contributed by atoms with Crippen molar-refractivity contribution in [3.63, 3.8) is 0 Å². The fourth-order valence-electron chi connectivity index (χ4n) is 3.96. The highest BCUT2D eigenvalue weighted by molar-refractivity contribution is 6.20. The molecule has 154 valence electrons. The highest BCUT2D eigenvalue weighted by Gasteiger charge is 2.38. The summed E-state index contributed by atoms with van der Waals surface area (Å²) in [5.74, 6) is -1.93. The van der Waals surface area contributed by atoms with E-state index in [2.05, 4.69) is 10.1 Å². The SMILES string of the molecule is Cc1nc2c3ccccc3nn2c(C)c1CCC(=O)ON1C(=O)c2ccccc2C1=O. The quantitative estimate of drug-likeness (QED) is 0.476. The second-order valence-electron chi connectivity index (χ2n) is 7.43. The highest BCUT2D eigenvalue weighted by atomic mass is 16.7. The maximum absolute atomic E-state index is 12.4. The van der Waals surface area contributed by atoms with Crippen molar-refractivity contribution in [2.75, 3.05) is 0 Å². The molecule has 0 radical (unpaired) electrons. The summed E-state index contributed by atoms with van der Waals surface area (Å²) >= 11 is 0. The van der Waals surface area contributed by atoms with Gasteiger partial charge in [0.15, 0.2) is 5.65 Å². The van der Waals surface area contributed by atoms with Crippen LogP contribution < -0.4 is 0 Å².